The SMILES string of the molecule is CCCCCCCCCCCCCCCC(=O)N(C)CC[N+](C)(C)C.[I-]. The highest BCUT2D eigenvalue weighted by Crippen LogP contribution is 2.13. The molecule has 0 saturated carbocycles. The van der Waals surface area contributed by atoms with Gasteiger partial charge in [-0.05, 0) is 6.42 Å². The number of unbranched alkanes of at least 4 members (excludes halogenated alkanes) is 12. The van der Waals surface area contributed by atoms with Crippen LogP contribution in [0.25, 0.3) is 0 Å². The Hall–Kier alpha value is 0.160. The normalized spacial score (nSPS) is 11.3. The van der Waals surface area contributed by atoms with Crippen LogP contribution in [-0.4, -0.2) is 56.6 Å². The van der Waals surface area contributed by atoms with E-state index in [4.69, 9.17) is 0 Å². The van der Waals surface area contributed by atoms with Gasteiger partial charge in [0.05, 0.1) is 34.2 Å². The zero-order valence-corrected chi connectivity index (χ0v) is 20.7. The molecule has 0 aliphatic rings. The lowest BCUT2D eigenvalue weighted by molar-refractivity contribution is -0.869. The van der Waals surface area contributed by atoms with Crippen molar-refractivity contribution in [3.05, 3.63) is 0 Å². The number of carbonyl (C=O) groups is 1. The molecule has 1 amide bonds. The molecule has 158 valence electrons. The van der Waals surface area contributed by atoms with Gasteiger partial charge >= 0.3 is 0 Å². The largest absolute Gasteiger partial charge is 1.00 e. The summed E-state index contributed by atoms with van der Waals surface area (Å²) in [6, 6.07) is 0. The van der Waals surface area contributed by atoms with Crippen molar-refractivity contribution in [2.75, 3.05) is 41.3 Å². The molecule has 0 atom stereocenters. The van der Waals surface area contributed by atoms with Crippen molar-refractivity contribution in [2.45, 2.75) is 96.8 Å². The number of amides is 1. The van der Waals surface area contributed by atoms with Crippen LogP contribution in [0.3, 0.4) is 0 Å². The topological polar surface area (TPSA) is 20.3 Å². The third-order valence-corrected chi connectivity index (χ3v) is 5.03. The van der Waals surface area contributed by atoms with Gasteiger partial charge in [0.2, 0.25) is 5.91 Å². The quantitative estimate of drug-likeness (QED) is 0.177. The first-order valence-electron chi connectivity index (χ1n) is 10.9. The van der Waals surface area contributed by atoms with E-state index in [0.29, 0.717) is 5.91 Å². The van der Waals surface area contributed by atoms with Gasteiger partial charge in [0, 0.05) is 13.5 Å². The Labute approximate surface area is 181 Å². The summed E-state index contributed by atoms with van der Waals surface area (Å²) in [6.45, 7) is 4.16. The van der Waals surface area contributed by atoms with Gasteiger partial charge in [-0.1, -0.05) is 84.0 Å². The van der Waals surface area contributed by atoms with E-state index < -0.39 is 0 Å². The minimum absolute atomic E-state index is 0. The summed E-state index contributed by atoms with van der Waals surface area (Å²) in [7, 11) is 8.46. The van der Waals surface area contributed by atoms with Crippen molar-refractivity contribution in [1.82, 2.24) is 4.90 Å². The zero-order chi connectivity index (χ0) is 19.0. The number of hydrogen-bond donors (Lipinski definition) is 0. The summed E-state index contributed by atoms with van der Waals surface area (Å²) in [5.41, 5.74) is 0. The number of hydrogen-bond acceptors (Lipinski definition) is 1. The van der Waals surface area contributed by atoms with Crippen molar-refractivity contribution in [2.24, 2.45) is 0 Å². The highest BCUT2D eigenvalue weighted by molar-refractivity contribution is 5.75. The fourth-order valence-corrected chi connectivity index (χ4v) is 3.06. The van der Waals surface area contributed by atoms with Crippen LogP contribution in [0.15, 0.2) is 0 Å². The fraction of sp³-hybridized carbons (Fsp3) is 0.955. The summed E-state index contributed by atoms with van der Waals surface area (Å²) < 4.78 is 0.913. The number of halogens is 1. The molecule has 4 heteroatoms. The molecule has 0 heterocycles. The Morgan fingerprint density at radius 1 is 0.731 bits per heavy atom. The van der Waals surface area contributed by atoms with Gasteiger partial charge in [0.15, 0.2) is 0 Å². The summed E-state index contributed by atoms with van der Waals surface area (Å²) >= 11 is 0. The second kappa shape index (κ2) is 18.5. The third-order valence-electron chi connectivity index (χ3n) is 5.03. The Balaban J connectivity index is 0. The van der Waals surface area contributed by atoms with Crippen molar-refractivity contribution >= 4 is 5.91 Å². The number of quaternary nitrogens is 1. The van der Waals surface area contributed by atoms with E-state index in [2.05, 4.69) is 28.1 Å². The standard InChI is InChI=1S/C22H47N2O.HI/c1-6-7-8-9-10-11-12-13-14-15-16-17-18-19-22(25)23(2)20-21-24(3,4)5;/h6-21H2,1-5H3;1H/q+1;/p-1. The van der Waals surface area contributed by atoms with E-state index in [1.807, 2.05) is 11.9 Å². The van der Waals surface area contributed by atoms with Gasteiger partial charge in [-0.2, -0.15) is 0 Å². The zero-order valence-electron chi connectivity index (χ0n) is 18.5. The van der Waals surface area contributed by atoms with Crippen molar-refractivity contribution < 1.29 is 33.3 Å². The van der Waals surface area contributed by atoms with E-state index in [1.54, 1.807) is 0 Å². The van der Waals surface area contributed by atoms with E-state index in [9.17, 15) is 4.79 Å². The lowest BCUT2D eigenvalue weighted by Crippen LogP contribution is -3.00. The van der Waals surface area contributed by atoms with Crippen LogP contribution in [-0.2, 0) is 4.79 Å². The molecular formula is C22H47IN2O. The van der Waals surface area contributed by atoms with Crippen LogP contribution >= 0.6 is 0 Å². The van der Waals surface area contributed by atoms with E-state index in [0.717, 1.165) is 30.4 Å². The third kappa shape index (κ3) is 20.5. The minimum Gasteiger partial charge on any atom is -1.00 e. The molecule has 0 N–H and O–H groups in total. The fourth-order valence-electron chi connectivity index (χ4n) is 3.06. The van der Waals surface area contributed by atoms with Crippen LogP contribution < -0.4 is 24.0 Å². The smallest absolute Gasteiger partial charge is 0.222 e. The lowest BCUT2D eigenvalue weighted by atomic mass is 10.0. The van der Waals surface area contributed by atoms with E-state index in [-0.39, 0.29) is 24.0 Å². The summed E-state index contributed by atoms with van der Waals surface area (Å²) in [5.74, 6) is 0.316. The van der Waals surface area contributed by atoms with Crippen LogP contribution in [0.1, 0.15) is 96.8 Å². The maximum absolute atomic E-state index is 12.1. The number of rotatable bonds is 17. The molecule has 26 heavy (non-hydrogen) atoms. The summed E-state index contributed by atoms with van der Waals surface area (Å²) in [6.07, 6.45) is 18.3. The number of nitrogens with zero attached hydrogens (tertiary/aromatic N) is 2. The number of carbonyl (C=O) groups excluding carboxylic acids is 1. The molecule has 0 aromatic carbocycles. The first kappa shape index (κ1) is 28.4. The molecule has 0 aliphatic carbocycles. The molecule has 0 spiro atoms. The molecule has 0 bridgehead atoms. The van der Waals surface area contributed by atoms with Gasteiger partial charge < -0.3 is 33.4 Å². The molecular weight excluding hydrogens is 435 g/mol. The average Bonchev–Trinajstić information content (AvgIpc) is 2.56. The maximum atomic E-state index is 12.1. The van der Waals surface area contributed by atoms with Crippen LogP contribution in [0.4, 0.5) is 0 Å². The maximum Gasteiger partial charge on any atom is 0.222 e. The van der Waals surface area contributed by atoms with E-state index >= 15 is 0 Å². The highest BCUT2D eigenvalue weighted by atomic mass is 127. The molecule has 0 aromatic rings. The highest BCUT2D eigenvalue weighted by Gasteiger charge is 2.13. The molecule has 0 saturated heterocycles. The van der Waals surface area contributed by atoms with Crippen LogP contribution in [0.5, 0.6) is 0 Å². The van der Waals surface area contributed by atoms with Crippen LogP contribution in [0, 0.1) is 0 Å². The summed E-state index contributed by atoms with van der Waals surface area (Å²) in [5, 5.41) is 0. The predicted molar refractivity (Wildman–Crippen MR) is 111 cm³/mol. The number of likely N-dealkylation sites (N-methyl/N-ethyl adjacent to an activating group) is 2. The molecule has 0 fully saturated rings. The molecule has 0 aliphatic heterocycles. The van der Waals surface area contributed by atoms with Gasteiger partial charge in [-0.3, -0.25) is 4.79 Å². The lowest BCUT2D eigenvalue weighted by Gasteiger charge is -2.27. The second-order valence-electron chi connectivity index (χ2n) is 8.82. The van der Waals surface area contributed by atoms with Gasteiger partial charge in [-0.15, -0.1) is 0 Å². The van der Waals surface area contributed by atoms with Gasteiger partial charge in [0.1, 0.15) is 0 Å². The second-order valence-corrected chi connectivity index (χ2v) is 8.82. The molecule has 3 nitrogen and oxygen atoms in total. The molecule has 0 aromatic heterocycles. The average molecular weight is 483 g/mol. The minimum atomic E-state index is 0. The van der Waals surface area contributed by atoms with Crippen molar-refractivity contribution in [1.29, 1.82) is 0 Å². The Kier molecular flexibility index (Phi) is 20.2. The molecule has 0 rings (SSSR count). The molecule has 0 radical (unpaired) electrons. The van der Waals surface area contributed by atoms with Gasteiger partial charge in [0.25, 0.3) is 0 Å². The first-order valence-corrected chi connectivity index (χ1v) is 10.9. The molecule has 0 unspecified atom stereocenters. The van der Waals surface area contributed by atoms with Crippen molar-refractivity contribution in [3.63, 3.8) is 0 Å². The Morgan fingerprint density at radius 3 is 1.50 bits per heavy atom. The first-order chi connectivity index (χ1) is 11.9. The summed E-state index contributed by atoms with van der Waals surface area (Å²) in [4.78, 5) is 14.0. The predicted octanol–water partition coefficient (Wildman–Crippen LogP) is 2.64. The Bertz CT molecular complexity index is 316. The Morgan fingerprint density at radius 2 is 1.12 bits per heavy atom. The van der Waals surface area contributed by atoms with Crippen molar-refractivity contribution in [3.8, 4) is 0 Å². The van der Waals surface area contributed by atoms with Crippen LogP contribution in [0.2, 0.25) is 0 Å². The monoisotopic (exact) mass is 482 g/mol. The van der Waals surface area contributed by atoms with E-state index in [1.165, 1.54) is 77.0 Å². The van der Waals surface area contributed by atoms with Gasteiger partial charge in [-0.25, -0.2) is 0 Å².